The molecule has 0 fully saturated rings. The highest BCUT2D eigenvalue weighted by atomic mass is 32.2. The maximum atomic E-state index is 12.6. The summed E-state index contributed by atoms with van der Waals surface area (Å²) in [6.07, 6.45) is 0.139. The quantitative estimate of drug-likeness (QED) is 0.479. The Morgan fingerprint density at radius 1 is 1.32 bits per heavy atom. The topological polar surface area (TPSA) is 20.3 Å². The Morgan fingerprint density at radius 3 is 2.42 bits per heavy atom. The molecule has 1 aromatic carbocycles. The van der Waals surface area contributed by atoms with Gasteiger partial charge in [-0.05, 0) is 24.5 Å². The Morgan fingerprint density at radius 2 is 1.95 bits per heavy atom. The lowest BCUT2D eigenvalue weighted by Crippen LogP contribution is -2.08. The van der Waals surface area contributed by atoms with Crippen LogP contribution in [0.1, 0.15) is 15.9 Å². The van der Waals surface area contributed by atoms with Gasteiger partial charge >= 0.3 is 6.18 Å². The third-order valence-electron chi connectivity index (χ3n) is 2.32. The molecule has 0 unspecified atom stereocenters. The predicted molar refractivity (Wildman–Crippen MR) is 70.4 cm³/mol. The van der Waals surface area contributed by atoms with Gasteiger partial charge < -0.3 is 4.90 Å². The van der Waals surface area contributed by atoms with E-state index in [1.165, 1.54) is 12.1 Å². The highest BCUT2D eigenvalue weighted by Gasteiger charge is 2.31. The van der Waals surface area contributed by atoms with E-state index in [1.54, 1.807) is 31.5 Å². The van der Waals surface area contributed by atoms with Crippen LogP contribution in [0, 0.1) is 0 Å². The van der Waals surface area contributed by atoms with Crippen LogP contribution in [0.25, 0.3) is 0 Å². The molecule has 0 N–H and O–H groups in total. The summed E-state index contributed by atoms with van der Waals surface area (Å²) in [5.74, 6) is -0.313. The number of allylic oxidation sites excluding steroid dienone is 1. The molecule has 0 saturated carbocycles. The number of hydrogen-bond donors (Lipinski definition) is 0. The first kappa shape index (κ1) is 15.6. The molecule has 0 aliphatic carbocycles. The van der Waals surface area contributed by atoms with Crippen molar-refractivity contribution in [2.75, 3.05) is 20.4 Å². The Hall–Kier alpha value is -1.43. The van der Waals surface area contributed by atoms with Crippen molar-refractivity contribution in [2.45, 2.75) is 11.1 Å². The molecular weight excluding hydrogens is 275 g/mol. The van der Waals surface area contributed by atoms with Gasteiger partial charge in [-0.2, -0.15) is 13.2 Å². The number of hydrogen-bond acceptors (Lipinski definition) is 3. The Labute approximate surface area is 114 Å². The SMILES string of the molecule is CSc1cc(C(F)(F)F)ccc1C(=O)/C=C/N(C)C. The van der Waals surface area contributed by atoms with Crippen LogP contribution in [0.4, 0.5) is 13.2 Å². The summed E-state index contributed by atoms with van der Waals surface area (Å²) in [5, 5.41) is 0. The summed E-state index contributed by atoms with van der Waals surface area (Å²) in [5.41, 5.74) is -0.469. The summed E-state index contributed by atoms with van der Waals surface area (Å²) in [6.45, 7) is 0. The molecule has 0 saturated heterocycles. The average molecular weight is 289 g/mol. The Bertz CT molecular complexity index is 495. The lowest BCUT2D eigenvalue weighted by molar-refractivity contribution is -0.137. The zero-order chi connectivity index (χ0) is 14.6. The van der Waals surface area contributed by atoms with Crippen molar-refractivity contribution in [1.82, 2.24) is 4.90 Å². The van der Waals surface area contributed by atoms with Crippen molar-refractivity contribution >= 4 is 17.5 Å². The van der Waals surface area contributed by atoms with Crippen LogP contribution in [-0.2, 0) is 6.18 Å². The Balaban J connectivity index is 3.13. The zero-order valence-corrected chi connectivity index (χ0v) is 11.6. The number of thioether (sulfide) groups is 1. The van der Waals surface area contributed by atoms with E-state index in [0.717, 1.165) is 23.9 Å². The van der Waals surface area contributed by atoms with Gasteiger partial charge in [0.05, 0.1) is 5.56 Å². The van der Waals surface area contributed by atoms with Gasteiger partial charge in [0.25, 0.3) is 0 Å². The summed E-state index contributed by atoms with van der Waals surface area (Å²) >= 11 is 1.12. The van der Waals surface area contributed by atoms with E-state index in [4.69, 9.17) is 0 Å². The van der Waals surface area contributed by atoms with Crippen LogP contribution in [0.3, 0.4) is 0 Å². The predicted octanol–water partition coefficient (Wildman–Crippen LogP) is 3.69. The third kappa shape index (κ3) is 4.31. The molecule has 0 aliphatic rings. The minimum Gasteiger partial charge on any atom is -0.383 e. The van der Waals surface area contributed by atoms with Gasteiger partial charge in [-0.15, -0.1) is 11.8 Å². The normalized spacial score (nSPS) is 11.9. The third-order valence-corrected chi connectivity index (χ3v) is 3.10. The molecule has 0 radical (unpaired) electrons. The standard InChI is InChI=1S/C13H14F3NOS/c1-17(2)7-6-11(18)10-5-4-9(13(14,15)16)8-12(10)19-3/h4-8H,1-3H3/b7-6+. The van der Waals surface area contributed by atoms with Gasteiger partial charge in [-0.1, -0.05) is 0 Å². The maximum Gasteiger partial charge on any atom is 0.416 e. The van der Waals surface area contributed by atoms with Crippen molar-refractivity contribution in [2.24, 2.45) is 0 Å². The average Bonchev–Trinajstić information content (AvgIpc) is 2.33. The summed E-state index contributed by atoms with van der Waals surface area (Å²) < 4.78 is 37.7. The van der Waals surface area contributed by atoms with Crippen molar-refractivity contribution in [1.29, 1.82) is 0 Å². The highest BCUT2D eigenvalue weighted by Crippen LogP contribution is 2.33. The van der Waals surface area contributed by atoms with E-state index in [0.29, 0.717) is 4.90 Å². The number of alkyl halides is 3. The van der Waals surface area contributed by atoms with E-state index < -0.39 is 11.7 Å². The summed E-state index contributed by atoms with van der Waals surface area (Å²) in [4.78, 5) is 13.9. The van der Waals surface area contributed by atoms with E-state index in [2.05, 4.69) is 0 Å². The lowest BCUT2D eigenvalue weighted by atomic mass is 10.1. The molecular formula is C13H14F3NOS. The van der Waals surface area contributed by atoms with E-state index in [-0.39, 0.29) is 11.3 Å². The van der Waals surface area contributed by atoms with Gasteiger partial charge in [0.15, 0.2) is 5.78 Å². The van der Waals surface area contributed by atoms with E-state index >= 15 is 0 Å². The summed E-state index contributed by atoms with van der Waals surface area (Å²) in [7, 11) is 3.51. The number of nitrogens with zero attached hydrogens (tertiary/aromatic N) is 1. The largest absolute Gasteiger partial charge is 0.416 e. The van der Waals surface area contributed by atoms with Crippen LogP contribution in [0.15, 0.2) is 35.4 Å². The fourth-order valence-corrected chi connectivity index (χ4v) is 2.01. The first-order valence-electron chi connectivity index (χ1n) is 5.40. The summed E-state index contributed by atoms with van der Waals surface area (Å²) in [6, 6.07) is 3.15. The monoisotopic (exact) mass is 289 g/mol. The Kier molecular flexibility index (Phi) is 5.05. The van der Waals surface area contributed by atoms with Crippen molar-refractivity contribution < 1.29 is 18.0 Å². The van der Waals surface area contributed by atoms with Gasteiger partial charge in [0.2, 0.25) is 0 Å². The smallest absolute Gasteiger partial charge is 0.383 e. The molecule has 0 amide bonds. The number of carbonyl (C=O) groups excluding carboxylic acids is 1. The molecule has 0 bridgehead atoms. The maximum absolute atomic E-state index is 12.6. The minimum absolute atomic E-state index is 0.276. The number of ketones is 1. The van der Waals surface area contributed by atoms with Gasteiger partial charge in [-0.3, -0.25) is 4.79 Å². The molecule has 0 aliphatic heterocycles. The van der Waals surface area contributed by atoms with E-state index in [1.807, 2.05) is 0 Å². The highest BCUT2D eigenvalue weighted by molar-refractivity contribution is 7.98. The molecule has 19 heavy (non-hydrogen) atoms. The van der Waals surface area contributed by atoms with Crippen molar-refractivity contribution in [3.8, 4) is 0 Å². The fraction of sp³-hybridized carbons (Fsp3) is 0.308. The number of benzene rings is 1. The molecule has 0 aromatic heterocycles. The second-order valence-electron chi connectivity index (χ2n) is 4.06. The number of carbonyl (C=O) groups is 1. The van der Waals surface area contributed by atoms with Crippen LogP contribution in [-0.4, -0.2) is 31.0 Å². The molecule has 1 aromatic rings. The molecule has 2 nitrogen and oxygen atoms in total. The molecule has 0 heterocycles. The van der Waals surface area contributed by atoms with Gasteiger partial charge in [0, 0.05) is 36.8 Å². The molecule has 0 atom stereocenters. The van der Waals surface area contributed by atoms with Crippen LogP contribution in [0.5, 0.6) is 0 Å². The molecule has 104 valence electrons. The lowest BCUT2D eigenvalue weighted by Gasteiger charge is -2.11. The van der Waals surface area contributed by atoms with Gasteiger partial charge in [0.1, 0.15) is 0 Å². The van der Waals surface area contributed by atoms with Crippen molar-refractivity contribution in [3.05, 3.63) is 41.6 Å². The molecule has 6 heteroatoms. The fourth-order valence-electron chi connectivity index (χ4n) is 1.38. The first-order chi connectivity index (χ1) is 8.75. The molecule has 1 rings (SSSR count). The second kappa shape index (κ2) is 6.14. The molecule has 0 spiro atoms. The number of halogens is 3. The van der Waals surface area contributed by atoms with E-state index in [9.17, 15) is 18.0 Å². The van der Waals surface area contributed by atoms with Crippen LogP contribution >= 0.6 is 11.8 Å². The van der Waals surface area contributed by atoms with Gasteiger partial charge in [-0.25, -0.2) is 0 Å². The number of rotatable bonds is 4. The van der Waals surface area contributed by atoms with Crippen LogP contribution in [0.2, 0.25) is 0 Å². The first-order valence-corrected chi connectivity index (χ1v) is 6.62. The minimum atomic E-state index is -4.40. The van der Waals surface area contributed by atoms with Crippen molar-refractivity contribution in [3.63, 3.8) is 0 Å². The van der Waals surface area contributed by atoms with Crippen LogP contribution < -0.4 is 0 Å². The second-order valence-corrected chi connectivity index (χ2v) is 4.90. The zero-order valence-electron chi connectivity index (χ0n) is 10.8.